The molecule has 1 heterocycles. The van der Waals surface area contributed by atoms with Crippen LogP contribution in [0.1, 0.15) is 17.7 Å². The molecule has 1 aromatic heterocycles. The highest BCUT2D eigenvalue weighted by atomic mass is 15.1. The molecule has 0 spiro atoms. The monoisotopic (exact) mass is 280 g/mol. The van der Waals surface area contributed by atoms with Crippen LogP contribution in [0.25, 0.3) is 0 Å². The van der Waals surface area contributed by atoms with Crippen molar-refractivity contribution in [2.24, 2.45) is 0 Å². The molecule has 0 atom stereocenters. The molecule has 0 amide bonds. The fourth-order valence-electron chi connectivity index (χ4n) is 2.16. The Labute approximate surface area is 126 Å². The van der Waals surface area contributed by atoms with E-state index in [0.717, 1.165) is 31.7 Å². The quantitative estimate of drug-likeness (QED) is 0.792. The van der Waals surface area contributed by atoms with E-state index in [1.165, 1.54) is 5.56 Å². The van der Waals surface area contributed by atoms with Gasteiger partial charge in [0.25, 0.3) is 0 Å². The van der Waals surface area contributed by atoms with Crippen LogP contribution >= 0.6 is 0 Å². The summed E-state index contributed by atoms with van der Waals surface area (Å²) in [6.07, 6.45) is 2.70. The van der Waals surface area contributed by atoms with Gasteiger partial charge in [-0.05, 0) is 37.7 Å². The number of anilines is 1. The minimum atomic E-state index is 0.446. The third kappa shape index (κ3) is 5.25. The van der Waals surface area contributed by atoms with Crippen molar-refractivity contribution < 1.29 is 0 Å². The van der Waals surface area contributed by atoms with Crippen LogP contribution in [0.3, 0.4) is 0 Å². The first-order chi connectivity index (χ1) is 10.3. The van der Waals surface area contributed by atoms with Crippen LogP contribution < -0.4 is 5.32 Å². The summed E-state index contributed by atoms with van der Waals surface area (Å²) in [7, 11) is 2.13. The fourth-order valence-corrected chi connectivity index (χ4v) is 2.16. The maximum absolute atomic E-state index is 8.80. The van der Waals surface area contributed by atoms with Gasteiger partial charge in [0.2, 0.25) is 0 Å². The molecule has 2 aromatic rings. The van der Waals surface area contributed by atoms with E-state index in [1.807, 2.05) is 18.2 Å². The maximum atomic E-state index is 8.80. The molecule has 0 unspecified atom stereocenters. The molecule has 108 valence electrons. The highest BCUT2D eigenvalue weighted by Gasteiger charge is 2.00. The van der Waals surface area contributed by atoms with Crippen molar-refractivity contribution >= 4 is 5.69 Å². The van der Waals surface area contributed by atoms with Gasteiger partial charge in [-0.25, -0.2) is 4.98 Å². The van der Waals surface area contributed by atoms with Crippen LogP contribution in [0.2, 0.25) is 0 Å². The molecule has 1 aromatic carbocycles. The molecule has 0 saturated carbocycles. The Morgan fingerprint density at radius 3 is 2.81 bits per heavy atom. The molecule has 0 bridgehead atoms. The number of rotatable bonds is 7. The number of hydrogen-bond donors (Lipinski definition) is 1. The van der Waals surface area contributed by atoms with E-state index >= 15 is 0 Å². The summed E-state index contributed by atoms with van der Waals surface area (Å²) in [5.41, 5.74) is 2.73. The molecule has 0 fully saturated rings. The smallest absolute Gasteiger partial charge is 0.142 e. The summed E-state index contributed by atoms with van der Waals surface area (Å²) in [6, 6.07) is 16.2. The lowest BCUT2D eigenvalue weighted by atomic mass is 10.2. The van der Waals surface area contributed by atoms with E-state index in [9.17, 15) is 0 Å². The fraction of sp³-hybridized carbons (Fsp3) is 0.294. The zero-order chi connectivity index (χ0) is 14.9. The van der Waals surface area contributed by atoms with E-state index in [4.69, 9.17) is 5.26 Å². The molecular formula is C17H20N4. The van der Waals surface area contributed by atoms with Gasteiger partial charge in [-0.2, -0.15) is 5.26 Å². The lowest BCUT2D eigenvalue weighted by Gasteiger charge is -2.17. The number of nitriles is 1. The van der Waals surface area contributed by atoms with Crippen LogP contribution in [0.15, 0.2) is 48.7 Å². The molecule has 2 rings (SSSR count). The topological polar surface area (TPSA) is 52.0 Å². The van der Waals surface area contributed by atoms with Crippen molar-refractivity contribution in [3.8, 4) is 6.07 Å². The number of pyridine rings is 1. The van der Waals surface area contributed by atoms with Crippen molar-refractivity contribution in [3.63, 3.8) is 0 Å². The van der Waals surface area contributed by atoms with Crippen molar-refractivity contribution in [1.82, 2.24) is 9.88 Å². The van der Waals surface area contributed by atoms with Crippen LogP contribution in [0.4, 0.5) is 5.69 Å². The van der Waals surface area contributed by atoms with Gasteiger partial charge in [0.15, 0.2) is 0 Å². The van der Waals surface area contributed by atoms with Gasteiger partial charge in [0.1, 0.15) is 11.8 Å². The zero-order valence-electron chi connectivity index (χ0n) is 12.3. The molecule has 1 N–H and O–H groups in total. The van der Waals surface area contributed by atoms with E-state index < -0.39 is 0 Å². The van der Waals surface area contributed by atoms with Crippen LogP contribution in [0.5, 0.6) is 0 Å². The molecule has 0 aliphatic rings. The largest absolute Gasteiger partial charge is 0.385 e. The van der Waals surface area contributed by atoms with Crippen LogP contribution in [0, 0.1) is 11.3 Å². The number of aromatic nitrogens is 1. The first-order valence-corrected chi connectivity index (χ1v) is 7.10. The van der Waals surface area contributed by atoms with Crippen molar-refractivity contribution in [2.45, 2.75) is 13.0 Å². The average molecular weight is 280 g/mol. The number of benzene rings is 1. The highest BCUT2D eigenvalue weighted by molar-refractivity contribution is 5.45. The van der Waals surface area contributed by atoms with E-state index in [2.05, 4.69) is 46.5 Å². The zero-order valence-corrected chi connectivity index (χ0v) is 12.3. The first-order valence-electron chi connectivity index (χ1n) is 7.10. The van der Waals surface area contributed by atoms with Crippen molar-refractivity contribution in [3.05, 3.63) is 59.9 Å². The summed E-state index contributed by atoms with van der Waals surface area (Å²) >= 11 is 0. The average Bonchev–Trinajstić information content (AvgIpc) is 2.53. The lowest BCUT2D eigenvalue weighted by Crippen LogP contribution is -2.21. The Bertz CT molecular complexity index is 589. The number of hydrogen-bond acceptors (Lipinski definition) is 4. The summed E-state index contributed by atoms with van der Waals surface area (Å²) in [4.78, 5) is 6.26. The summed E-state index contributed by atoms with van der Waals surface area (Å²) in [5, 5.41) is 12.1. The Morgan fingerprint density at radius 2 is 2.05 bits per heavy atom. The Morgan fingerprint density at radius 1 is 1.24 bits per heavy atom. The molecule has 4 heteroatoms. The second-order valence-corrected chi connectivity index (χ2v) is 5.05. The van der Waals surface area contributed by atoms with Crippen LogP contribution in [-0.4, -0.2) is 30.0 Å². The molecule has 0 aliphatic carbocycles. The predicted molar refractivity (Wildman–Crippen MR) is 84.8 cm³/mol. The second kappa shape index (κ2) is 8.03. The third-order valence-corrected chi connectivity index (χ3v) is 3.22. The van der Waals surface area contributed by atoms with E-state index in [1.54, 1.807) is 12.3 Å². The normalized spacial score (nSPS) is 10.3. The molecule has 21 heavy (non-hydrogen) atoms. The minimum Gasteiger partial charge on any atom is -0.385 e. The molecular weight excluding hydrogens is 260 g/mol. The SMILES string of the molecule is CN(CCCNc1ccnc(C#N)c1)Cc1ccccc1. The van der Waals surface area contributed by atoms with Gasteiger partial charge in [0, 0.05) is 25.0 Å². The third-order valence-electron chi connectivity index (χ3n) is 3.22. The molecule has 0 aliphatic heterocycles. The summed E-state index contributed by atoms with van der Waals surface area (Å²) < 4.78 is 0. The second-order valence-electron chi connectivity index (χ2n) is 5.05. The highest BCUT2D eigenvalue weighted by Crippen LogP contribution is 2.07. The molecule has 4 nitrogen and oxygen atoms in total. The minimum absolute atomic E-state index is 0.446. The van der Waals surface area contributed by atoms with Gasteiger partial charge in [-0.15, -0.1) is 0 Å². The number of nitrogens with zero attached hydrogens (tertiary/aromatic N) is 3. The van der Waals surface area contributed by atoms with Gasteiger partial charge in [-0.1, -0.05) is 30.3 Å². The number of nitrogens with one attached hydrogen (secondary N) is 1. The summed E-state index contributed by atoms with van der Waals surface area (Å²) in [5.74, 6) is 0. The Hall–Kier alpha value is -2.38. The first kappa shape index (κ1) is 15.0. The Kier molecular flexibility index (Phi) is 5.74. The van der Waals surface area contributed by atoms with Gasteiger partial charge < -0.3 is 10.2 Å². The molecule has 0 radical (unpaired) electrons. The van der Waals surface area contributed by atoms with Gasteiger partial charge in [-0.3, -0.25) is 0 Å². The van der Waals surface area contributed by atoms with E-state index in [-0.39, 0.29) is 0 Å². The Balaban J connectivity index is 1.68. The van der Waals surface area contributed by atoms with Gasteiger partial charge >= 0.3 is 0 Å². The van der Waals surface area contributed by atoms with E-state index in [0.29, 0.717) is 5.69 Å². The van der Waals surface area contributed by atoms with Crippen LogP contribution in [-0.2, 0) is 6.54 Å². The maximum Gasteiger partial charge on any atom is 0.142 e. The van der Waals surface area contributed by atoms with Crippen molar-refractivity contribution in [2.75, 3.05) is 25.5 Å². The standard InChI is InChI=1S/C17H20N4/c1-21(14-15-6-3-2-4-7-15)11-5-9-19-16-8-10-20-17(12-16)13-18/h2-4,6-8,10,12H,5,9,11,14H2,1H3,(H,19,20). The van der Waals surface area contributed by atoms with Gasteiger partial charge in [0.05, 0.1) is 0 Å². The molecule has 0 saturated heterocycles. The lowest BCUT2D eigenvalue weighted by molar-refractivity contribution is 0.325. The summed E-state index contributed by atoms with van der Waals surface area (Å²) in [6.45, 7) is 2.88. The van der Waals surface area contributed by atoms with Crippen molar-refractivity contribution in [1.29, 1.82) is 5.26 Å². The predicted octanol–water partition coefficient (Wildman–Crippen LogP) is 2.89.